The molecule has 0 saturated heterocycles. The van der Waals surface area contributed by atoms with Gasteiger partial charge in [-0.3, -0.25) is 4.79 Å². The van der Waals surface area contributed by atoms with Crippen molar-refractivity contribution in [3.8, 4) is 0 Å². The largest absolute Gasteiger partial charge is 0.491 e. The lowest BCUT2D eigenvalue weighted by Crippen LogP contribution is -1.93. The molecule has 0 aromatic carbocycles. The van der Waals surface area contributed by atoms with Gasteiger partial charge in [0.15, 0.2) is 0 Å². The first-order valence-electron chi connectivity index (χ1n) is 1.13. The van der Waals surface area contributed by atoms with Gasteiger partial charge in [0.05, 0.1) is 0 Å². The van der Waals surface area contributed by atoms with Gasteiger partial charge in [0.25, 0.3) is 0 Å². The van der Waals surface area contributed by atoms with Gasteiger partial charge in [0.1, 0.15) is 0 Å². The first-order valence-corrected chi connectivity index (χ1v) is 2.43. The van der Waals surface area contributed by atoms with Crippen LogP contribution < -0.4 is 0 Å². The highest BCUT2D eigenvalue weighted by Gasteiger charge is 2.03. The minimum absolute atomic E-state index is 0.505. The molecule has 0 aliphatic rings. The van der Waals surface area contributed by atoms with Crippen LogP contribution in [0.4, 0.5) is 3.89 Å². The number of halogens is 1. The summed E-state index contributed by atoms with van der Waals surface area (Å²) in [5.41, 5.74) is 0. The molecule has 0 heterocycles. The third kappa shape index (κ3) is 5.35. The van der Waals surface area contributed by atoms with E-state index in [1.54, 1.807) is 0 Å². The van der Waals surface area contributed by atoms with Crippen molar-refractivity contribution in [2.45, 2.75) is 0 Å². The third-order valence-corrected chi connectivity index (χ3v) is 0.463. The molecule has 0 spiro atoms. The van der Waals surface area contributed by atoms with Gasteiger partial charge in [-0.2, -0.15) is 8.42 Å². The Balaban J connectivity index is 3.84. The lowest BCUT2D eigenvalue weighted by atomic mass is 11.7. The lowest BCUT2D eigenvalue weighted by Gasteiger charge is -1.79. The summed E-state index contributed by atoms with van der Waals surface area (Å²) in [5.74, 6) is 0. The zero-order valence-electron chi connectivity index (χ0n) is 3.00. The minimum atomic E-state index is -5.04. The highest BCUT2D eigenvalue weighted by Crippen LogP contribution is 1.86. The maximum Gasteiger partial charge on any atom is 0.491 e. The van der Waals surface area contributed by atoms with Crippen LogP contribution >= 0.6 is 0 Å². The molecule has 0 rings (SSSR count). The van der Waals surface area contributed by atoms with Crippen molar-refractivity contribution in [3.63, 3.8) is 0 Å². The highest BCUT2D eigenvalue weighted by atomic mass is 32.3. The maximum atomic E-state index is 10.9. The molecular formula is CHFO4S. The van der Waals surface area contributed by atoms with E-state index in [4.69, 9.17) is 13.2 Å². The van der Waals surface area contributed by atoms with Gasteiger partial charge < -0.3 is 4.18 Å². The molecule has 0 unspecified atom stereocenters. The molecule has 0 aromatic rings. The molecule has 0 atom stereocenters. The summed E-state index contributed by atoms with van der Waals surface area (Å²) in [6, 6.07) is 0. The summed E-state index contributed by atoms with van der Waals surface area (Å²) in [5, 5.41) is 0. The number of hydrogen-bond donors (Lipinski definition) is 0. The second-order valence-corrected chi connectivity index (χ2v) is 1.56. The Labute approximate surface area is 39.3 Å². The van der Waals surface area contributed by atoms with Crippen molar-refractivity contribution < 1.29 is 21.3 Å². The van der Waals surface area contributed by atoms with E-state index in [-0.39, 0.29) is 0 Å². The van der Waals surface area contributed by atoms with Crippen molar-refractivity contribution in [1.29, 1.82) is 0 Å². The van der Waals surface area contributed by atoms with Crippen LogP contribution in [-0.2, 0) is 19.5 Å². The zero-order valence-corrected chi connectivity index (χ0v) is 3.81. The molecular weight excluding hydrogens is 127 g/mol. The summed E-state index contributed by atoms with van der Waals surface area (Å²) >= 11 is 0. The minimum Gasteiger partial charge on any atom is -0.324 e. The van der Waals surface area contributed by atoms with Crippen LogP contribution in [0.1, 0.15) is 0 Å². The summed E-state index contributed by atoms with van der Waals surface area (Å²) in [6.07, 6.45) is 0. The molecule has 0 N–H and O–H groups in total. The SMILES string of the molecule is O=COS(=O)(=O)F. The second kappa shape index (κ2) is 1.87. The fraction of sp³-hybridized carbons (Fsp3) is 0. The van der Waals surface area contributed by atoms with E-state index in [0.717, 1.165) is 0 Å². The zero-order chi connectivity index (χ0) is 5.91. The van der Waals surface area contributed by atoms with Crippen molar-refractivity contribution in [3.05, 3.63) is 0 Å². The third-order valence-electron chi connectivity index (χ3n) is 0.154. The van der Waals surface area contributed by atoms with Crippen LogP contribution in [0.2, 0.25) is 0 Å². The van der Waals surface area contributed by atoms with E-state index in [1.165, 1.54) is 0 Å². The Bertz CT molecular complexity index is 145. The molecule has 0 aromatic heterocycles. The first-order chi connectivity index (χ1) is 3.06. The molecule has 4 nitrogen and oxygen atoms in total. The van der Waals surface area contributed by atoms with E-state index in [1.807, 2.05) is 0 Å². The van der Waals surface area contributed by atoms with Crippen LogP contribution in [0.15, 0.2) is 0 Å². The van der Waals surface area contributed by atoms with Crippen LogP contribution in [-0.4, -0.2) is 14.9 Å². The summed E-state index contributed by atoms with van der Waals surface area (Å²) in [7, 11) is -5.04. The fourth-order valence-electron chi connectivity index (χ4n) is 0.0469. The second-order valence-electron chi connectivity index (χ2n) is 0.586. The number of carbonyl (C=O) groups is 1. The molecule has 0 saturated carbocycles. The molecule has 0 radical (unpaired) electrons. The number of hydrogen-bond acceptors (Lipinski definition) is 4. The summed E-state index contributed by atoms with van der Waals surface area (Å²) < 4.78 is 32.0. The average molecular weight is 128 g/mol. The van der Waals surface area contributed by atoms with Gasteiger partial charge >= 0.3 is 17.0 Å². The van der Waals surface area contributed by atoms with E-state index in [0.29, 0.717) is 0 Å². The summed E-state index contributed by atoms with van der Waals surface area (Å²) in [6.45, 7) is -0.505. The van der Waals surface area contributed by atoms with Gasteiger partial charge in [-0.15, -0.1) is 0 Å². The molecule has 0 aliphatic heterocycles. The maximum absolute atomic E-state index is 10.9. The van der Waals surface area contributed by atoms with E-state index in [9.17, 15) is 3.89 Å². The van der Waals surface area contributed by atoms with Crippen LogP contribution in [0.25, 0.3) is 0 Å². The van der Waals surface area contributed by atoms with E-state index in [2.05, 4.69) is 4.18 Å². The van der Waals surface area contributed by atoms with E-state index >= 15 is 0 Å². The normalized spacial score (nSPS) is 10.4. The van der Waals surface area contributed by atoms with Crippen molar-refractivity contribution >= 4 is 17.0 Å². The monoisotopic (exact) mass is 128 g/mol. The molecule has 6 heteroatoms. The average Bonchev–Trinajstić information content (AvgIpc) is 1.30. The molecule has 0 amide bonds. The Morgan fingerprint density at radius 1 is 1.57 bits per heavy atom. The Kier molecular flexibility index (Phi) is 1.70. The van der Waals surface area contributed by atoms with Gasteiger partial charge in [0, 0.05) is 0 Å². The molecule has 0 fully saturated rings. The van der Waals surface area contributed by atoms with Crippen LogP contribution in [0, 0.1) is 0 Å². The predicted octanol–water partition coefficient (Wildman–Crippen LogP) is -0.626. The van der Waals surface area contributed by atoms with Crippen molar-refractivity contribution in [2.24, 2.45) is 0 Å². The van der Waals surface area contributed by atoms with Crippen LogP contribution in [0.5, 0.6) is 0 Å². The van der Waals surface area contributed by atoms with Crippen LogP contribution in [0.3, 0.4) is 0 Å². The quantitative estimate of drug-likeness (QED) is 0.367. The molecule has 42 valence electrons. The molecule has 7 heavy (non-hydrogen) atoms. The van der Waals surface area contributed by atoms with Crippen molar-refractivity contribution in [2.75, 3.05) is 0 Å². The number of carbonyl (C=O) groups excluding carboxylic acids is 1. The summed E-state index contributed by atoms with van der Waals surface area (Å²) in [4.78, 5) is 8.98. The van der Waals surface area contributed by atoms with Gasteiger partial charge in [-0.25, -0.2) is 0 Å². The van der Waals surface area contributed by atoms with Gasteiger partial charge in [-0.05, 0) is 0 Å². The Morgan fingerprint density at radius 2 is 2.00 bits per heavy atom. The fourth-order valence-corrected chi connectivity index (χ4v) is 0.141. The number of rotatable bonds is 2. The predicted molar refractivity (Wildman–Crippen MR) is 17.2 cm³/mol. The topological polar surface area (TPSA) is 60.4 Å². The first kappa shape index (κ1) is 6.35. The lowest BCUT2D eigenvalue weighted by molar-refractivity contribution is -0.120. The molecule has 0 bridgehead atoms. The Morgan fingerprint density at radius 3 is 2.00 bits per heavy atom. The highest BCUT2D eigenvalue weighted by molar-refractivity contribution is 7.81. The van der Waals surface area contributed by atoms with Gasteiger partial charge in [-0.1, -0.05) is 3.89 Å². The standard InChI is InChI=1S/CHFO4S/c2-7(4,5)6-1-3/h1H. The smallest absolute Gasteiger partial charge is 0.324 e. The van der Waals surface area contributed by atoms with Crippen molar-refractivity contribution in [1.82, 2.24) is 0 Å². The Hall–Kier alpha value is -0.650. The van der Waals surface area contributed by atoms with E-state index < -0.39 is 17.0 Å². The molecule has 0 aliphatic carbocycles. The van der Waals surface area contributed by atoms with Gasteiger partial charge in [0.2, 0.25) is 0 Å².